The Hall–Kier alpha value is -0.970. The number of fused-ring (bicyclic) bond motifs is 1. The summed E-state index contributed by atoms with van der Waals surface area (Å²) in [6.45, 7) is 4.68. The van der Waals surface area contributed by atoms with Gasteiger partial charge in [0.2, 0.25) is 0 Å². The zero-order valence-corrected chi connectivity index (χ0v) is 9.73. The Labute approximate surface area is 96.2 Å². The van der Waals surface area contributed by atoms with E-state index in [1.165, 1.54) is 22.1 Å². The van der Waals surface area contributed by atoms with Crippen LogP contribution in [0.4, 0.5) is 0 Å². The number of aromatic amines is 1. The van der Waals surface area contributed by atoms with Crippen molar-refractivity contribution in [2.24, 2.45) is 0 Å². The van der Waals surface area contributed by atoms with Crippen molar-refractivity contribution in [1.29, 1.82) is 0 Å². The molecule has 0 radical (unpaired) electrons. The molecule has 3 N–H and O–H groups in total. The smallest absolute Gasteiger partial charge is 0.143 e. The van der Waals surface area contributed by atoms with E-state index in [2.05, 4.69) is 48.6 Å². The maximum absolute atomic E-state index is 7.46. The summed E-state index contributed by atoms with van der Waals surface area (Å²) in [6, 6.07) is 6.18. The van der Waals surface area contributed by atoms with Gasteiger partial charge in [-0.1, -0.05) is 18.9 Å². The molecule has 1 heterocycles. The molecule has 3 nitrogen and oxygen atoms in total. The predicted octanol–water partition coefficient (Wildman–Crippen LogP) is 2.22. The SMILES string of the molecule is [3H]N(Cc1ccc2[nH]c(C)c(C)c2c1)NS. The number of aryl methyl sites for hydroxylation is 2. The van der Waals surface area contributed by atoms with Gasteiger partial charge < -0.3 is 4.98 Å². The zero-order chi connectivity index (χ0) is 11.7. The molecule has 15 heavy (non-hydrogen) atoms. The molecule has 0 atom stereocenters. The summed E-state index contributed by atoms with van der Waals surface area (Å²) in [5.74, 6) is 0. The minimum absolute atomic E-state index is 0.503. The third-order valence-electron chi connectivity index (χ3n) is 2.70. The van der Waals surface area contributed by atoms with E-state index in [1.54, 1.807) is 0 Å². The Morgan fingerprint density at radius 3 is 3.00 bits per heavy atom. The highest BCUT2D eigenvalue weighted by Gasteiger charge is 2.04. The molecule has 4 heteroatoms. The van der Waals surface area contributed by atoms with Gasteiger partial charge in [-0.05, 0) is 37.1 Å². The van der Waals surface area contributed by atoms with Crippen molar-refractivity contribution >= 4 is 23.7 Å². The van der Waals surface area contributed by atoms with Gasteiger partial charge in [0.25, 0.3) is 0 Å². The summed E-state index contributed by atoms with van der Waals surface area (Å²) in [4.78, 5) is 5.80. The third kappa shape index (κ3) is 2.02. The van der Waals surface area contributed by atoms with E-state index in [0.29, 0.717) is 6.54 Å². The van der Waals surface area contributed by atoms with Gasteiger partial charge in [0.15, 0.2) is 0 Å². The molecular formula is C11H15N3S. The minimum Gasteiger partial charge on any atom is -0.358 e. The normalized spacial score (nSPS) is 12.4. The number of aromatic nitrogens is 1. The van der Waals surface area contributed by atoms with E-state index >= 15 is 0 Å². The van der Waals surface area contributed by atoms with Crippen LogP contribution in [0.15, 0.2) is 18.2 Å². The molecular weight excluding hydrogens is 206 g/mol. The zero-order valence-electron chi connectivity index (χ0n) is 9.83. The lowest BCUT2D eigenvalue weighted by Gasteiger charge is -2.02. The maximum Gasteiger partial charge on any atom is 0.143 e. The lowest BCUT2D eigenvalue weighted by atomic mass is 10.1. The second-order valence-electron chi connectivity index (χ2n) is 3.67. The third-order valence-corrected chi connectivity index (χ3v) is 2.85. The fraction of sp³-hybridized carbons (Fsp3) is 0.273. The number of hydrogen-bond acceptors (Lipinski definition) is 3. The second kappa shape index (κ2) is 4.26. The molecule has 1 aromatic heterocycles. The van der Waals surface area contributed by atoms with E-state index in [4.69, 9.17) is 1.41 Å². The Bertz CT molecular complexity index is 509. The molecule has 0 spiro atoms. The summed E-state index contributed by atoms with van der Waals surface area (Å²) >= 11 is 3.83. The van der Waals surface area contributed by atoms with Crippen LogP contribution in [0, 0.1) is 13.8 Å². The standard InChI is InChI=1S/C11H15N3S/c1-7-8(2)13-11-4-3-9(5-10(7)11)6-12-14-15/h3-5,12-15H,6H2,1-2H3/i/hT. The Morgan fingerprint density at radius 1 is 1.47 bits per heavy atom. The predicted molar refractivity (Wildman–Crippen MR) is 66.7 cm³/mol. The number of nitrogens with one attached hydrogen (secondary N) is 3. The van der Waals surface area contributed by atoms with E-state index in [0.717, 1.165) is 11.1 Å². The van der Waals surface area contributed by atoms with Gasteiger partial charge >= 0.3 is 0 Å². The van der Waals surface area contributed by atoms with Crippen molar-refractivity contribution in [2.45, 2.75) is 20.4 Å². The number of H-pyrrole nitrogens is 1. The number of rotatable bonds is 3. The number of hydrogen-bond donors (Lipinski definition) is 4. The van der Waals surface area contributed by atoms with E-state index in [1.807, 2.05) is 6.07 Å². The maximum atomic E-state index is 7.46. The van der Waals surface area contributed by atoms with Crippen molar-refractivity contribution in [3.8, 4) is 0 Å². The monoisotopic (exact) mass is 223 g/mol. The van der Waals surface area contributed by atoms with Crippen molar-refractivity contribution in [2.75, 3.05) is 0 Å². The molecule has 0 aliphatic carbocycles. The van der Waals surface area contributed by atoms with Crippen LogP contribution in [0.2, 0.25) is 1.41 Å². The van der Waals surface area contributed by atoms with Crippen LogP contribution in [-0.2, 0) is 6.54 Å². The largest absolute Gasteiger partial charge is 0.358 e. The topological polar surface area (TPSA) is 39.9 Å². The highest BCUT2D eigenvalue weighted by molar-refractivity contribution is 7.78. The molecule has 0 unspecified atom stereocenters. The Balaban J connectivity index is 2.39. The average Bonchev–Trinajstić information content (AvgIpc) is 2.55. The van der Waals surface area contributed by atoms with Crippen LogP contribution in [-0.4, -0.2) is 4.98 Å². The van der Waals surface area contributed by atoms with Crippen LogP contribution >= 0.6 is 12.8 Å². The van der Waals surface area contributed by atoms with Gasteiger partial charge in [-0.3, -0.25) is 0 Å². The molecule has 2 rings (SSSR count). The fourth-order valence-corrected chi connectivity index (χ4v) is 1.80. The van der Waals surface area contributed by atoms with E-state index < -0.39 is 0 Å². The minimum atomic E-state index is 0.503. The number of benzene rings is 1. The number of thiol groups is 1. The average molecular weight is 223 g/mol. The van der Waals surface area contributed by atoms with Crippen LogP contribution in [0.1, 0.15) is 16.8 Å². The molecule has 0 aliphatic heterocycles. The molecule has 0 amide bonds. The summed E-state index contributed by atoms with van der Waals surface area (Å²) in [5, 5.41) is 1.22. The lowest BCUT2D eigenvalue weighted by molar-refractivity contribution is 0.690. The first-order valence-corrected chi connectivity index (χ1v) is 5.30. The Kier molecular flexibility index (Phi) is 2.64. The van der Waals surface area contributed by atoms with Crippen LogP contribution in [0.25, 0.3) is 10.9 Å². The molecule has 0 saturated carbocycles. The summed E-state index contributed by atoms with van der Waals surface area (Å²) in [5.41, 5.74) is 5.88. The first-order chi connectivity index (χ1) is 7.61. The highest BCUT2D eigenvalue weighted by Crippen LogP contribution is 2.22. The van der Waals surface area contributed by atoms with Gasteiger partial charge in [-0.15, -0.1) is 0 Å². The van der Waals surface area contributed by atoms with E-state index in [9.17, 15) is 0 Å². The van der Waals surface area contributed by atoms with Gasteiger partial charge in [0.1, 0.15) is 1.41 Å². The highest BCUT2D eigenvalue weighted by atomic mass is 32.1. The summed E-state index contributed by atoms with van der Waals surface area (Å²) < 4.78 is 7.46. The quantitative estimate of drug-likeness (QED) is 0.476. The van der Waals surface area contributed by atoms with Crippen LogP contribution in [0.5, 0.6) is 0 Å². The van der Waals surface area contributed by atoms with Gasteiger partial charge in [0.05, 0.1) is 0 Å². The first-order valence-electron chi connectivity index (χ1n) is 5.30. The Morgan fingerprint density at radius 2 is 2.27 bits per heavy atom. The molecule has 2 aromatic rings. The van der Waals surface area contributed by atoms with Crippen molar-refractivity contribution < 1.29 is 1.41 Å². The van der Waals surface area contributed by atoms with Gasteiger partial charge in [-0.2, -0.15) is 0 Å². The van der Waals surface area contributed by atoms with Crippen molar-refractivity contribution in [3.05, 3.63) is 35.0 Å². The molecule has 0 aliphatic rings. The first kappa shape index (κ1) is 9.27. The van der Waals surface area contributed by atoms with E-state index in [-0.39, 0.29) is 0 Å². The van der Waals surface area contributed by atoms with Crippen LogP contribution < -0.4 is 10.2 Å². The van der Waals surface area contributed by atoms with Gasteiger partial charge in [0, 0.05) is 23.1 Å². The fourth-order valence-electron chi connectivity index (χ4n) is 1.73. The summed E-state index contributed by atoms with van der Waals surface area (Å²) in [7, 11) is 0. The molecule has 0 bridgehead atoms. The number of hydrazine groups is 1. The van der Waals surface area contributed by atoms with Crippen LogP contribution in [0.3, 0.4) is 0 Å². The van der Waals surface area contributed by atoms with Gasteiger partial charge in [-0.25, -0.2) is 10.2 Å². The lowest BCUT2D eigenvalue weighted by Crippen LogP contribution is -2.21. The van der Waals surface area contributed by atoms with Crippen molar-refractivity contribution in [3.63, 3.8) is 0 Å². The molecule has 1 aromatic carbocycles. The molecule has 80 valence electrons. The van der Waals surface area contributed by atoms with Crippen molar-refractivity contribution in [1.82, 2.24) is 15.2 Å². The molecule has 0 fully saturated rings. The second-order valence-corrected chi connectivity index (χ2v) is 3.87. The molecule has 0 saturated heterocycles. The summed E-state index contributed by atoms with van der Waals surface area (Å²) in [6.07, 6.45) is 0.